The van der Waals surface area contributed by atoms with Crippen LogP contribution in [0.15, 0.2) is 60.7 Å². The Morgan fingerprint density at radius 1 is 0.933 bits per heavy atom. The Balaban J connectivity index is 1.33. The molecule has 2 aromatic carbocycles. The number of amides is 1. The molecule has 1 aliphatic heterocycles. The zero-order valence-electron chi connectivity index (χ0n) is 18.4. The van der Waals surface area contributed by atoms with Crippen molar-refractivity contribution < 1.29 is 4.79 Å². The van der Waals surface area contributed by atoms with Gasteiger partial charge in [0.2, 0.25) is 5.91 Å². The number of carbonyl (C=O) groups excluding carboxylic acids is 1. The Morgan fingerprint density at radius 2 is 1.53 bits per heavy atom. The Labute approximate surface area is 182 Å². The molecule has 0 aromatic heterocycles. The van der Waals surface area contributed by atoms with Gasteiger partial charge in [-0.25, -0.2) is 0 Å². The summed E-state index contributed by atoms with van der Waals surface area (Å²) in [5, 5.41) is 0. The number of likely N-dealkylation sites (tertiary alicyclic amines) is 1. The largest absolute Gasteiger partial charge is 0.342 e. The molecule has 30 heavy (non-hydrogen) atoms. The van der Waals surface area contributed by atoms with E-state index in [1.165, 1.54) is 36.8 Å². The summed E-state index contributed by atoms with van der Waals surface area (Å²) in [4.78, 5) is 18.2. The van der Waals surface area contributed by atoms with E-state index >= 15 is 0 Å². The molecule has 3 heteroatoms. The molecule has 2 aliphatic rings. The molecule has 1 saturated carbocycles. The first-order valence-corrected chi connectivity index (χ1v) is 11.8. The number of hydrogen-bond acceptors (Lipinski definition) is 2. The third kappa shape index (κ3) is 5.13. The molecule has 3 nitrogen and oxygen atoms in total. The van der Waals surface area contributed by atoms with E-state index in [2.05, 4.69) is 77.5 Å². The van der Waals surface area contributed by atoms with Gasteiger partial charge in [-0.2, -0.15) is 0 Å². The van der Waals surface area contributed by atoms with Crippen LogP contribution in [0.4, 0.5) is 0 Å². The van der Waals surface area contributed by atoms with Gasteiger partial charge in [-0.1, -0.05) is 73.5 Å². The molecule has 0 radical (unpaired) electrons. The Hall–Kier alpha value is -2.13. The molecule has 1 unspecified atom stereocenters. The average Bonchev–Trinajstić information content (AvgIpc) is 3.33. The second-order valence-electron chi connectivity index (χ2n) is 9.21. The minimum atomic E-state index is 0.0565. The number of benzene rings is 2. The molecule has 1 amide bonds. The van der Waals surface area contributed by atoms with Gasteiger partial charge >= 0.3 is 0 Å². The first-order valence-electron chi connectivity index (χ1n) is 11.8. The van der Waals surface area contributed by atoms with Gasteiger partial charge in [0, 0.05) is 25.7 Å². The second kappa shape index (κ2) is 10.3. The molecule has 0 bridgehead atoms. The minimum absolute atomic E-state index is 0.0565. The molecule has 160 valence electrons. The van der Waals surface area contributed by atoms with Gasteiger partial charge in [-0.05, 0) is 56.2 Å². The lowest BCUT2D eigenvalue weighted by Gasteiger charge is -2.39. The van der Waals surface area contributed by atoms with Crippen molar-refractivity contribution in [2.75, 3.05) is 26.7 Å². The SMILES string of the molecule is CN(CCc1ccccc1)C1CCN(C(=O)C(c2ccccc2)C2CCCC2)CC1. The molecule has 0 N–H and O–H groups in total. The zero-order valence-corrected chi connectivity index (χ0v) is 18.4. The number of nitrogens with zero attached hydrogens (tertiary/aromatic N) is 2. The summed E-state index contributed by atoms with van der Waals surface area (Å²) in [5.74, 6) is 0.950. The first-order chi connectivity index (χ1) is 14.7. The van der Waals surface area contributed by atoms with Crippen LogP contribution in [-0.2, 0) is 11.2 Å². The second-order valence-corrected chi connectivity index (χ2v) is 9.21. The van der Waals surface area contributed by atoms with Crippen molar-refractivity contribution in [3.8, 4) is 0 Å². The van der Waals surface area contributed by atoms with E-state index in [9.17, 15) is 4.79 Å². The van der Waals surface area contributed by atoms with Crippen molar-refractivity contribution in [3.05, 3.63) is 71.8 Å². The van der Waals surface area contributed by atoms with Crippen LogP contribution in [0.3, 0.4) is 0 Å². The Kier molecular flexibility index (Phi) is 7.22. The monoisotopic (exact) mass is 404 g/mol. The molecule has 1 heterocycles. The van der Waals surface area contributed by atoms with Crippen molar-refractivity contribution in [1.82, 2.24) is 9.80 Å². The van der Waals surface area contributed by atoms with Gasteiger partial charge in [-0.15, -0.1) is 0 Å². The van der Waals surface area contributed by atoms with Crippen molar-refractivity contribution in [1.29, 1.82) is 0 Å². The molecule has 2 fully saturated rings. The van der Waals surface area contributed by atoms with E-state index < -0.39 is 0 Å². The van der Waals surface area contributed by atoms with Gasteiger partial charge in [0.25, 0.3) is 0 Å². The molecule has 1 saturated heterocycles. The summed E-state index contributed by atoms with van der Waals surface area (Å²) in [7, 11) is 2.25. The fourth-order valence-electron chi connectivity index (χ4n) is 5.42. The highest BCUT2D eigenvalue weighted by Gasteiger charge is 2.36. The van der Waals surface area contributed by atoms with Crippen LogP contribution >= 0.6 is 0 Å². The maximum absolute atomic E-state index is 13.6. The predicted octanol–water partition coefficient (Wildman–Crippen LogP) is 5.13. The van der Waals surface area contributed by atoms with Crippen LogP contribution in [0.5, 0.6) is 0 Å². The highest BCUT2D eigenvalue weighted by Crippen LogP contribution is 2.39. The average molecular weight is 405 g/mol. The highest BCUT2D eigenvalue weighted by molar-refractivity contribution is 5.84. The maximum atomic E-state index is 13.6. The fraction of sp³-hybridized carbons (Fsp3) is 0.519. The number of likely N-dealkylation sites (N-methyl/N-ethyl adjacent to an activating group) is 1. The Bertz CT molecular complexity index is 777. The van der Waals surface area contributed by atoms with Crippen LogP contribution < -0.4 is 0 Å². The van der Waals surface area contributed by atoms with Gasteiger partial charge in [0.05, 0.1) is 5.92 Å². The van der Waals surface area contributed by atoms with Crippen molar-refractivity contribution in [2.24, 2.45) is 5.92 Å². The lowest BCUT2D eigenvalue weighted by atomic mass is 9.83. The molecule has 2 aromatic rings. The van der Waals surface area contributed by atoms with E-state index in [0.717, 1.165) is 38.9 Å². The smallest absolute Gasteiger partial charge is 0.230 e. The molecular weight excluding hydrogens is 368 g/mol. The van der Waals surface area contributed by atoms with Crippen LogP contribution in [0.1, 0.15) is 55.6 Å². The first kappa shape index (κ1) is 21.1. The summed E-state index contributed by atoms with van der Waals surface area (Å²) in [6.45, 7) is 2.88. The van der Waals surface area contributed by atoms with Crippen LogP contribution in [0.2, 0.25) is 0 Å². The van der Waals surface area contributed by atoms with Gasteiger partial charge in [-0.3, -0.25) is 4.79 Å². The summed E-state index contributed by atoms with van der Waals surface area (Å²) in [6, 6.07) is 21.8. The lowest BCUT2D eigenvalue weighted by molar-refractivity contribution is -0.135. The number of piperidine rings is 1. The quantitative estimate of drug-likeness (QED) is 0.639. The van der Waals surface area contributed by atoms with E-state index in [1.807, 2.05) is 0 Å². The number of rotatable bonds is 7. The number of carbonyl (C=O) groups is 1. The lowest BCUT2D eigenvalue weighted by Crippen LogP contribution is -2.47. The topological polar surface area (TPSA) is 23.6 Å². The summed E-state index contributed by atoms with van der Waals surface area (Å²) >= 11 is 0. The van der Waals surface area contributed by atoms with Gasteiger partial charge < -0.3 is 9.80 Å². The Morgan fingerprint density at radius 3 is 2.17 bits per heavy atom. The molecular formula is C27H36N2O. The van der Waals surface area contributed by atoms with Crippen LogP contribution in [0, 0.1) is 5.92 Å². The maximum Gasteiger partial charge on any atom is 0.230 e. The number of hydrogen-bond donors (Lipinski definition) is 0. The van der Waals surface area contributed by atoms with Gasteiger partial charge in [0.15, 0.2) is 0 Å². The third-order valence-corrected chi connectivity index (χ3v) is 7.29. The summed E-state index contributed by atoms with van der Waals surface area (Å²) < 4.78 is 0. The zero-order chi connectivity index (χ0) is 20.8. The molecule has 1 atom stereocenters. The normalized spacial score (nSPS) is 19.3. The van der Waals surface area contributed by atoms with Crippen molar-refractivity contribution >= 4 is 5.91 Å². The molecule has 1 aliphatic carbocycles. The fourth-order valence-corrected chi connectivity index (χ4v) is 5.42. The van der Waals surface area contributed by atoms with Gasteiger partial charge in [0.1, 0.15) is 0 Å². The minimum Gasteiger partial charge on any atom is -0.342 e. The van der Waals surface area contributed by atoms with Crippen molar-refractivity contribution in [3.63, 3.8) is 0 Å². The summed E-state index contributed by atoms with van der Waals surface area (Å²) in [5.41, 5.74) is 2.62. The van der Waals surface area contributed by atoms with E-state index in [1.54, 1.807) is 0 Å². The predicted molar refractivity (Wildman–Crippen MR) is 124 cm³/mol. The van der Waals surface area contributed by atoms with E-state index in [4.69, 9.17) is 0 Å². The standard InChI is InChI=1S/C27H36N2O/c1-28(19-16-22-10-4-2-5-11-22)25-17-20-29(21-18-25)27(30)26(24-14-8-9-15-24)23-12-6-3-7-13-23/h2-7,10-13,24-26H,8-9,14-21H2,1H3. The summed E-state index contributed by atoms with van der Waals surface area (Å²) in [6.07, 6.45) is 8.21. The highest BCUT2D eigenvalue weighted by atomic mass is 16.2. The third-order valence-electron chi connectivity index (χ3n) is 7.29. The van der Waals surface area contributed by atoms with E-state index in [-0.39, 0.29) is 5.92 Å². The molecule has 4 rings (SSSR count). The van der Waals surface area contributed by atoms with Crippen molar-refractivity contribution in [2.45, 2.75) is 56.9 Å². The van der Waals surface area contributed by atoms with Crippen LogP contribution in [0.25, 0.3) is 0 Å². The van der Waals surface area contributed by atoms with Crippen LogP contribution in [-0.4, -0.2) is 48.4 Å². The van der Waals surface area contributed by atoms with E-state index in [0.29, 0.717) is 17.9 Å². The molecule has 0 spiro atoms.